The fraction of sp³-hybridized carbons (Fsp3) is 0.158. The number of hydrogen-bond donors (Lipinski definition) is 1. The minimum absolute atomic E-state index is 0.0810. The smallest absolute Gasteiger partial charge is 0.254 e. The van der Waals surface area contributed by atoms with Crippen molar-refractivity contribution in [1.29, 1.82) is 0 Å². The van der Waals surface area contributed by atoms with E-state index < -0.39 is 0 Å². The van der Waals surface area contributed by atoms with Gasteiger partial charge in [0.15, 0.2) is 0 Å². The third-order valence-electron chi connectivity index (χ3n) is 3.55. The van der Waals surface area contributed by atoms with Gasteiger partial charge in [-0.1, -0.05) is 24.3 Å². The minimum atomic E-state index is -0.0810. The normalized spacial score (nSPS) is 10.4. The van der Waals surface area contributed by atoms with Gasteiger partial charge in [-0.05, 0) is 37.3 Å². The van der Waals surface area contributed by atoms with Crippen LogP contribution in [0.3, 0.4) is 0 Å². The van der Waals surface area contributed by atoms with Crippen molar-refractivity contribution in [2.75, 3.05) is 7.05 Å². The molecule has 0 atom stereocenters. The molecule has 0 bridgehead atoms. The summed E-state index contributed by atoms with van der Waals surface area (Å²) < 4.78 is 5.78. The van der Waals surface area contributed by atoms with Crippen molar-refractivity contribution in [2.45, 2.75) is 13.5 Å². The van der Waals surface area contributed by atoms with E-state index in [2.05, 4.69) is 9.97 Å². The van der Waals surface area contributed by atoms with E-state index >= 15 is 0 Å². The van der Waals surface area contributed by atoms with E-state index in [1.165, 1.54) is 0 Å². The summed E-state index contributed by atoms with van der Waals surface area (Å²) in [5.74, 6) is 2.05. The second kappa shape index (κ2) is 7.00. The Hall–Kier alpha value is -3.08. The summed E-state index contributed by atoms with van der Waals surface area (Å²) in [6, 6.07) is 16.7. The Kier molecular flexibility index (Phi) is 4.61. The Morgan fingerprint density at radius 1 is 1.12 bits per heavy atom. The van der Waals surface area contributed by atoms with Crippen LogP contribution in [0.2, 0.25) is 0 Å². The number of amides is 1. The van der Waals surface area contributed by atoms with Gasteiger partial charge in [-0.3, -0.25) is 4.79 Å². The number of hydrogen-bond acceptors (Lipinski definition) is 3. The number of para-hydroxylation sites is 1. The molecule has 3 rings (SSSR count). The molecule has 1 N–H and O–H groups in total. The summed E-state index contributed by atoms with van der Waals surface area (Å²) in [7, 11) is 1.75. The fourth-order valence-corrected chi connectivity index (χ4v) is 2.38. The molecular weight excluding hydrogens is 302 g/mol. The van der Waals surface area contributed by atoms with Gasteiger partial charge in [0.2, 0.25) is 0 Å². The highest BCUT2D eigenvalue weighted by Gasteiger charge is 2.14. The zero-order valence-electron chi connectivity index (χ0n) is 13.7. The second-order valence-corrected chi connectivity index (χ2v) is 5.62. The number of rotatable bonds is 5. The molecular formula is C19H19N3O2. The summed E-state index contributed by atoms with van der Waals surface area (Å²) in [5.41, 5.74) is 1.55. The van der Waals surface area contributed by atoms with E-state index in [9.17, 15) is 4.79 Å². The molecule has 2 aromatic carbocycles. The highest BCUT2D eigenvalue weighted by molar-refractivity contribution is 5.94. The predicted molar refractivity (Wildman–Crippen MR) is 92.1 cm³/mol. The van der Waals surface area contributed by atoms with E-state index in [1.54, 1.807) is 30.3 Å². The lowest BCUT2D eigenvalue weighted by molar-refractivity contribution is 0.0781. The van der Waals surface area contributed by atoms with Crippen LogP contribution in [0.5, 0.6) is 11.5 Å². The minimum Gasteiger partial charge on any atom is -0.457 e. The predicted octanol–water partition coefficient (Wildman–Crippen LogP) is 3.78. The fourth-order valence-electron chi connectivity index (χ4n) is 2.38. The molecule has 0 fully saturated rings. The summed E-state index contributed by atoms with van der Waals surface area (Å²) in [5, 5.41) is 0. The SMILES string of the molecule is Cc1cnc(CN(C)C(=O)c2cccc(Oc3ccccc3)c2)[nH]1. The zero-order valence-corrected chi connectivity index (χ0v) is 13.7. The van der Waals surface area contributed by atoms with Crippen LogP contribution < -0.4 is 4.74 Å². The molecule has 5 nitrogen and oxygen atoms in total. The number of nitrogens with one attached hydrogen (secondary N) is 1. The highest BCUT2D eigenvalue weighted by Crippen LogP contribution is 2.22. The van der Waals surface area contributed by atoms with Crippen molar-refractivity contribution in [3.8, 4) is 11.5 Å². The molecule has 0 saturated heterocycles. The van der Waals surface area contributed by atoms with Crippen LogP contribution in [-0.2, 0) is 6.54 Å². The number of H-pyrrole nitrogens is 1. The third kappa shape index (κ3) is 3.81. The number of nitrogens with zero attached hydrogens (tertiary/aromatic N) is 2. The summed E-state index contributed by atoms with van der Waals surface area (Å²) in [6.07, 6.45) is 1.75. The van der Waals surface area contributed by atoms with Crippen LogP contribution in [0.25, 0.3) is 0 Å². The maximum Gasteiger partial charge on any atom is 0.254 e. The Balaban J connectivity index is 1.71. The van der Waals surface area contributed by atoms with Crippen LogP contribution in [0.4, 0.5) is 0 Å². The van der Waals surface area contributed by atoms with Crippen molar-refractivity contribution in [2.24, 2.45) is 0 Å². The number of aromatic nitrogens is 2. The second-order valence-electron chi connectivity index (χ2n) is 5.62. The molecule has 3 aromatic rings. The standard InChI is InChI=1S/C19H19N3O2/c1-14-12-20-18(21-14)13-22(2)19(23)15-7-6-10-17(11-15)24-16-8-4-3-5-9-16/h3-12H,13H2,1-2H3,(H,20,21). The number of aromatic amines is 1. The van der Waals surface area contributed by atoms with Gasteiger partial charge < -0.3 is 14.6 Å². The zero-order chi connectivity index (χ0) is 16.9. The van der Waals surface area contributed by atoms with Gasteiger partial charge in [0, 0.05) is 24.5 Å². The van der Waals surface area contributed by atoms with E-state index in [0.29, 0.717) is 17.9 Å². The van der Waals surface area contributed by atoms with Crippen LogP contribution >= 0.6 is 0 Å². The first-order chi connectivity index (χ1) is 11.6. The molecule has 1 heterocycles. The first-order valence-corrected chi connectivity index (χ1v) is 7.71. The maximum absolute atomic E-state index is 12.6. The van der Waals surface area contributed by atoms with Gasteiger partial charge in [0.05, 0.1) is 6.54 Å². The largest absolute Gasteiger partial charge is 0.457 e. The van der Waals surface area contributed by atoms with Gasteiger partial charge in [-0.25, -0.2) is 4.98 Å². The molecule has 0 aliphatic carbocycles. The van der Waals surface area contributed by atoms with E-state index in [-0.39, 0.29) is 5.91 Å². The van der Waals surface area contributed by atoms with Crippen molar-refractivity contribution in [1.82, 2.24) is 14.9 Å². The Bertz CT molecular complexity index is 827. The van der Waals surface area contributed by atoms with Gasteiger partial charge in [0.1, 0.15) is 17.3 Å². The molecule has 1 amide bonds. The lowest BCUT2D eigenvalue weighted by atomic mass is 10.2. The van der Waals surface area contributed by atoms with E-state index in [0.717, 1.165) is 17.3 Å². The molecule has 0 radical (unpaired) electrons. The Morgan fingerprint density at radius 3 is 2.58 bits per heavy atom. The van der Waals surface area contributed by atoms with Crippen LogP contribution in [-0.4, -0.2) is 27.8 Å². The molecule has 5 heteroatoms. The van der Waals surface area contributed by atoms with Gasteiger partial charge in [-0.2, -0.15) is 0 Å². The third-order valence-corrected chi connectivity index (χ3v) is 3.55. The molecule has 24 heavy (non-hydrogen) atoms. The van der Waals surface area contributed by atoms with Crippen molar-refractivity contribution in [3.63, 3.8) is 0 Å². The topological polar surface area (TPSA) is 58.2 Å². The maximum atomic E-state index is 12.6. The number of benzene rings is 2. The van der Waals surface area contributed by atoms with Gasteiger partial charge >= 0.3 is 0 Å². The molecule has 0 unspecified atom stereocenters. The number of imidazole rings is 1. The molecule has 0 aliphatic rings. The molecule has 122 valence electrons. The van der Waals surface area contributed by atoms with E-state index in [1.807, 2.05) is 49.4 Å². The van der Waals surface area contributed by atoms with Crippen molar-refractivity contribution in [3.05, 3.63) is 77.9 Å². The molecule has 0 saturated carbocycles. The Labute approximate surface area is 140 Å². The lowest BCUT2D eigenvalue weighted by Gasteiger charge is -2.16. The first-order valence-electron chi connectivity index (χ1n) is 7.71. The molecule has 1 aromatic heterocycles. The van der Waals surface area contributed by atoms with E-state index in [4.69, 9.17) is 4.74 Å². The lowest BCUT2D eigenvalue weighted by Crippen LogP contribution is -2.26. The Morgan fingerprint density at radius 2 is 1.88 bits per heavy atom. The summed E-state index contributed by atoms with van der Waals surface area (Å²) in [6.45, 7) is 2.36. The average Bonchev–Trinajstić information content (AvgIpc) is 3.00. The number of ether oxygens (including phenoxy) is 1. The van der Waals surface area contributed by atoms with Crippen LogP contribution in [0.15, 0.2) is 60.8 Å². The number of aryl methyl sites for hydroxylation is 1. The summed E-state index contributed by atoms with van der Waals surface area (Å²) >= 11 is 0. The van der Waals surface area contributed by atoms with Crippen LogP contribution in [0, 0.1) is 6.92 Å². The van der Waals surface area contributed by atoms with Gasteiger partial charge in [0.25, 0.3) is 5.91 Å². The van der Waals surface area contributed by atoms with Gasteiger partial charge in [-0.15, -0.1) is 0 Å². The van der Waals surface area contributed by atoms with Crippen molar-refractivity contribution < 1.29 is 9.53 Å². The molecule has 0 aliphatic heterocycles. The summed E-state index contributed by atoms with van der Waals surface area (Å²) in [4.78, 5) is 21.6. The number of carbonyl (C=O) groups excluding carboxylic acids is 1. The van der Waals surface area contributed by atoms with Crippen molar-refractivity contribution >= 4 is 5.91 Å². The first kappa shape index (κ1) is 15.8. The highest BCUT2D eigenvalue weighted by atomic mass is 16.5. The molecule has 0 spiro atoms. The monoisotopic (exact) mass is 321 g/mol. The number of carbonyl (C=O) groups is 1. The van der Waals surface area contributed by atoms with Crippen LogP contribution in [0.1, 0.15) is 21.9 Å². The average molecular weight is 321 g/mol. The quantitative estimate of drug-likeness (QED) is 0.778.